The fourth-order valence-corrected chi connectivity index (χ4v) is 3.25. The number of fused-ring (bicyclic) bond motifs is 1. The van der Waals surface area contributed by atoms with Gasteiger partial charge >= 0.3 is 0 Å². The number of carbonyl (C=O) groups excluding carboxylic acids is 1. The Labute approximate surface area is 167 Å². The van der Waals surface area contributed by atoms with Crippen LogP contribution in [-0.4, -0.2) is 27.2 Å². The van der Waals surface area contributed by atoms with Crippen LogP contribution in [0.2, 0.25) is 0 Å². The summed E-state index contributed by atoms with van der Waals surface area (Å²) in [7, 11) is 0. The first-order valence-corrected chi connectivity index (χ1v) is 9.17. The van der Waals surface area contributed by atoms with Crippen LogP contribution < -0.4 is 4.90 Å². The van der Waals surface area contributed by atoms with E-state index in [0.29, 0.717) is 17.8 Å². The van der Waals surface area contributed by atoms with Crippen molar-refractivity contribution in [1.29, 1.82) is 0 Å². The third kappa shape index (κ3) is 3.58. The highest BCUT2D eigenvalue weighted by molar-refractivity contribution is 6.06. The van der Waals surface area contributed by atoms with Gasteiger partial charge in [-0.05, 0) is 42.0 Å². The lowest BCUT2D eigenvalue weighted by atomic mass is 10.1. The first-order chi connectivity index (χ1) is 14.1. The molecule has 0 saturated carbocycles. The number of aromatic nitrogens is 2. The number of benzene rings is 3. The molecule has 1 amide bonds. The van der Waals surface area contributed by atoms with E-state index in [1.54, 1.807) is 23.2 Å². The van der Waals surface area contributed by atoms with E-state index >= 15 is 0 Å². The molecule has 3 aromatic carbocycles. The maximum atomic E-state index is 13.1. The summed E-state index contributed by atoms with van der Waals surface area (Å²) in [5.41, 5.74) is 1.91. The molecule has 1 aromatic heterocycles. The van der Waals surface area contributed by atoms with Crippen molar-refractivity contribution in [1.82, 2.24) is 9.78 Å². The second kappa shape index (κ2) is 7.55. The zero-order valence-corrected chi connectivity index (χ0v) is 15.7. The van der Waals surface area contributed by atoms with Crippen LogP contribution in [0.1, 0.15) is 17.3 Å². The van der Waals surface area contributed by atoms with Crippen molar-refractivity contribution in [2.24, 2.45) is 0 Å². The van der Waals surface area contributed by atoms with Gasteiger partial charge in [-0.3, -0.25) is 14.9 Å². The molecule has 1 heterocycles. The number of amides is 1. The molecule has 0 unspecified atom stereocenters. The fraction of sp³-hybridized carbons (Fsp3) is 0.0909. The number of hydrogen-bond donors (Lipinski definition) is 0. The van der Waals surface area contributed by atoms with Gasteiger partial charge in [-0.1, -0.05) is 30.3 Å². The number of rotatable bonds is 5. The van der Waals surface area contributed by atoms with Crippen molar-refractivity contribution in [3.05, 3.63) is 94.8 Å². The number of carbonyl (C=O) groups is 1. The highest BCUT2D eigenvalue weighted by Gasteiger charge is 2.18. The third-order valence-corrected chi connectivity index (χ3v) is 4.76. The standard InChI is InChI=1S/C22H18N4O3/c1-2-24(21-8-7-16-5-3-4-6-17(16)13-21)22(27)18-14-23-25(15-18)19-9-11-20(12-10-19)26(28)29/h3-15H,2H2,1H3. The van der Waals surface area contributed by atoms with Gasteiger partial charge in [0, 0.05) is 30.6 Å². The van der Waals surface area contributed by atoms with Crippen LogP contribution in [0.25, 0.3) is 16.5 Å². The highest BCUT2D eigenvalue weighted by atomic mass is 16.6. The average molecular weight is 386 g/mol. The van der Waals surface area contributed by atoms with Gasteiger partial charge in [0.05, 0.1) is 22.4 Å². The Kier molecular flexibility index (Phi) is 4.78. The summed E-state index contributed by atoms with van der Waals surface area (Å²) in [6.45, 7) is 2.44. The van der Waals surface area contributed by atoms with E-state index in [1.165, 1.54) is 23.0 Å². The number of nitro groups is 1. The smallest absolute Gasteiger partial charge is 0.269 e. The van der Waals surface area contributed by atoms with Crippen LogP contribution in [0.3, 0.4) is 0 Å². The summed E-state index contributed by atoms with van der Waals surface area (Å²) in [5, 5.41) is 17.2. The molecule has 0 radical (unpaired) electrons. The van der Waals surface area contributed by atoms with Gasteiger partial charge in [0.25, 0.3) is 11.6 Å². The SMILES string of the molecule is CCN(C(=O)c1cnn(-c2ccc([N+](=O)[O-])cc2)c1)c1ccc2ccccc2c1. The lowest BCUT2D eigenvalue weighted by Crippen LogP contribution is -2.30. The zero-order valence-electron chi connectivity index (χ0n) is 15.7. The molecule has 7 nitrogen and oxygen atoms in total. The second-order valence-corrected chi connectivity index (χ2v) is 6.53. The second-order valence-electron chi connectivity index (χ2n) is 6.53. The number of anilines is 1. The van der Waals surface area contributed by atoms with Gasteiger partial charge in [-0.2, -0.15) is 5.10 Å². The summed E-state index contributed by atoms with van der Waals surface area (Å²) in [6, 6.07) is 20.0. The van der Waals surface area contributed by atoms with Crippen LogP contribution in [0.5, 0.6) is 0 Å². The van der Waals surface area contributed by atoms with Crippen molar-refractivity contribution in [2.75, 3.05) is 11.4 Å². The number of non-ortho nitro benzene ring substituents is 1. The van der Waals surface area contributed by atoms with Gasteiger partial charge in [0.15, 0.2) is 0 Å². The topological polar surface area (TPSA) is 81.3 Å². The lowest BCUT2D eigenvalue weighted by molar-refractivity contribution is -0.384. The van der Waals surface area contributed by atoms with Gasteiger partial charge in [0.2, 0.25) is 0 Å². The Morgan fingerprint density at radius 2 is 1.79 bits per heavy atom. The van der Waals surface area contributed by atoms with E-state index < -0.39 is 4.92 Å². The maximum Gasteiger partial charge on any atom is 0.269 e. The molecule has 4 aromatic rings. The Morgan fingerprint density at radius 3 is 2.48 bits per heavy atom. The van der Waals surface area contributed by atoms with E-state index in [4.69, 9.17) is 0 Å². The van der Waals surface area contributed by atoms with E-state index in [-0.39, 0.29) is 11.6 Å². The maximum absolute atomic E-state index is 13.1. The summed E-state index contributed by atoms with van der Waals surface area (Å²) >= 11 is 0. The fourth-order valence-electron chi connectivity index (χ4n) is 3.25. The largest absolute Gasteiger partial charge is 0.309 e. The molecule has 0 saturated heterocycles. The first kappa shape index (κ1) is 18.4. The third-order valence-electron chi connectivity index (χ3n) is 4.76. The van der Waals surface area contributed by atoms with Crippen LogP contribution in [-0.2, 0) is 0 Å². The molecule has 0 aliphatic carbocycles. The van der Waals surface area contributed by atoms with Crippen LogP contribution in [0.4, 0.5) is 11.4 Å². The average Bonchev–Trinajstić information content (AvgIpc) is 3.24. The zero-order chi connectivity index (χ0) is 20.4. The minimum atomic E-state index is -0.454. The van der Waals surface area contributed by atoms with Crippen molar-refractivity contribution in [2.45, 2.75) is 6.92 Å². The van der Waals surface area contributed by atoms with Gasteiger partial charge in [-0.25, -0.2) is 4.68 Å². The molecule has 0 fully saturated rings. The first-order valence-electron chi connectivity index (χ1n) is 9.17. The van der Waals surface area contributed by atoms with Crippen molar-refractivity contribution in [3.8, 4) is 5.69 Å². The van der Waals surface area contributed by atoms with Crippen molar-refractivity contribution in [3.63, 3.8) is 0 Å². The molecular weight excluding hydrogens is 368 g/mol. The Balaban J connectivity index is 1.61. The number of nitrogens with zero attached hydrogens (tertiary/aromatic N) is 4. The monoisotopic (exact) mass is 386 g/mol. The molecule has 0 bridgehead atoms. The molecule has 0 N–H and O–H groups in total. The van der Waals surface area contributed by atoms with Gasteiger partial charge in [-0.15, -0.1) is 0 Å². The molecular formula is C22H18N4O3. The predicted octanol–water partition coefficient (Wildman–Crippen LogP) is 4.60. The van der Waals surface area contributed by atoms with E-state index in [1.807, 2.05) is 49.4 Å². The normalized spacial score (nSPS) is 10.8. The molecule has 0 spiro atoms. The number of nitro benzene ring substituents is 1. The van der Waals surface area contributed by atoms with E-state index in [2.05, 4.69) is 5.10 Å². The Hall–Kier alpha value is -4.00. The van der Waals surface area contributed by atoms with Crippen LogP contribution in [0.15, 0.2) is 79.1 Å². The molecule has 144 valence electrons. The van der Waals surface area contributed by atoms with E-state index in [0.717, 1.165) is 16.5 Å². The Morgan fingerprint density at radius 1 is 1.07 bits per heavy atom. The quantitative estimate of drug-likeness (QED) is 0.371. The number of hydrogen-bond acceptors (Lipinski definition) is 4. The molecule has 0 atom stereocenters. The minimum Gasteiger partial charge on any atom is -0.309 e. The lowest BCUT2D eigenvalue weighted by Gasteiger charge is -2.20. The summed E-state index contributed by atoms with van der Waals surface area (Å²) in [4.78, 5) is 25.1. The predicted molar refractivity (Wildman–Crippen MR) is 112 cm³/mol. The van der Waals surface area contributed by atoms with Gasteiger partial charge in [0.1, 0.15) is 0 Å². The van der Waals surface area contributed by atoms with Crippen molar-refractivity contribution >= 4 is 28.1 Å². The Bertz CT molecular complexity index is 1200. The molecule has 29 heavy (non-hydrogen) atoms. The van der Waals surface area contributed by atoms with Crippen LogP contribution >= 0.6 is 0 Å². The summed E-state index contributed by atoms with van der Waals surface area (Å²) in [5.74, 6) is -0.157. The highest BCUT2D eigenvalue weighted by Crippen LogP contribution is 2.24. The van der Waals surface area contributed by atoms with Crippen molar-refractivity contribution < 1.29 is 9.72 Å². The minimum absolute atomic E-state index is 0.00525. The molecule has 4 rings (SSSR count). The molecule has 0 aliphatic heterocycles. The van der Waals surface area contributed by atoms with E-state index in [9.17, 15) is 14.9 Å². The summed E-state index contributed by atoms with van der Waals surface area (Å²) < 4.78 is 1.53. The van der Waals surface area contributed by atoms with Gasteiger partial charge < -0.3 is 4.90 Å². The molecule has 0 aliphatic rings. The molecule has 7 heteroatoms. The summed E-state index contributed by atoms with van der Waals surface area (Å²) in [6.07, 6.45) is 3.14. The van der Waals surface area contributed by atoms with Crippen LogP contribution in [0, 0.1) is 10.1 Å².